The topological polar surface area (TPSA) is 51.5 Å². The van der Waals surface area contributed by atoms with Crippen LogP contribution in [0.5, 0.6) is 0 Å². The third kappa shape index (κ3) is 4.22. The number of nitrogens with one attached hydrogen (secondary N) is 1. The number of esters is 1. The van der Waals surface area contributed by atoms with Crippen LogP contribution in [-0.4, -0.2) is 18.8 Å². The number of halogens is 2. The second-order valence-electron chi connectivity index (χ2n) is 4.02. The Morgan fingerprint density at radius 2 is 2.19 bits per heavy atom. The van der Waals surface area contributed by atoms with Crippen molar-refractivity contribution in [2.45, 2.75) is 17.2 Å². The molecule has 7 heteroatoms. The van der Waals surface area contributed by atoms with Crippen molar-refractivity contribution in [1.82, 2.24) is 0 Å². The van der Waals surface area contributed by atoms with Crippen molar-refractivity contribution in [3.05, 3.63) is 47.9 Å². The first kappa shape index (κ1) is 15.4. The molecule has 2 aromatic rings. The molecule has 0 saturated heterocycles. The van der Waals surface area contributed by atoms with E-state index >= 15 is 0 Å². The molecule has 0 radical (unpaired) electrons. The van der Waals surface area contributed by atoms with E-state index in [0.717, 1.165) is 0 Å². The lowest BCUT2D eigenvalue weighted by Gasteiger charge is -2.09. The molecule has 0 spiro atoms. The van der Waals surface area contributed by atoms with Gasteiger partial charge in [0.15, 0.2) is 0 Å². The SMILES string of the molecule is COC(=O)c1coc(CNc2ccccc2SC(F)F)c1. The summed E-state index contributed by atoms with van der Waals surface area (Å²) in [5.41, 5.74) is 0.892. The van der Waals surface area contributed by atoms with Crippen LogP contribution in [0.2, 0.25) is 0 Å². The summed E-state index contributed by atoms with van der Waals surface area (Å²) in [6.45, 7) is 0.276. The number of benzene rings is 1. The predicted octanol–water partition coefficient (Wildman–Crippen LogP) is 3.99. The Bertz CT molecular complexity index is 616. The van der Waals surface area contributed by atoms with E-state index in [4.69, 9.17) is 4.42 Å². The predicted molar refractivity (Wildman–Crippen MR) is 75.7 cm³/mol. The molecule has 1 heterocycles. The van der Waals surface area contributed by atoms with Crippen LogP contribution < -0.4 is 5.32 Å². The van der Waals surface area contributed by atoms with Crippen molar-refractivity contribution in [3.63, 3.8) is 0 Å². The number of hydrogen-bond donors (Lipinski definition) is 1. The molecule has 2 rings (SSSR count). The Balaban J connectivity index is 2.03. The molecule has 0 amide bonds. The summed E-state index contributed by atoms with van der Waals surface area (Å²) in [6.07, 6.45) is 1.29. The van der Waals surface area contributed by atoms with Gasteiger partial charge in [0.25, 0.3) is 5.76 Å². The highest BCUT2D eigenvalue weighted by Crippen LogP contribution is 2.31. The second-order valence-corrected chi connectivity index (χ2v) is 5.05. The summed E-state index contributed by atoms with van der Waals surface area (Å²) in [4.78, 5) is 11.7. The average Bonchev–Trinajstić information content (AvgIpc) is 2.94. The molecule has 0 aliphatic heterocycles. The first-order chi connectivity index (χ1) is 10.1. The van der Waals surface area contributed by atoms with E-state index in [1.807, 2.05) is 0 Å². The van der Waals surface area contributed by atoms with Gasteiger partial charge in [-0.15, -0.1) is 0 Å². The van der Waals surface area contributed by atoms with Crippen molar-refractivity contribution >= 4 is 23.4 Å². The summed E-state index contributed by atoms with van der Waals surface area (Å²) >= 11 is 0.473. The first-order valence-corrected chi connectivity index (χ1v) is 6.91. The molecule has 0 bridgehead atoms. The van der Waals surface area contributed by atoms with Crippen molar-refractivity contribution in [1.29, 1.82) is 0 Å². The number of furan rings is 1. The van der Waals surface area contributed by atoms with Gasteiger partial charge in [-0.2, -0.15) is 8.78 Å². The summed E-state index contributed by atoms with van der Waals surface area (Å²) in [5.74, 6) is -2.46. The first-order valence-electron chi connectivity index (χ1n) is 6.03. The van der Waals surface area contributed by atoms with Gasteiger partial charge in [0.05, 0.1) is 19.2 Å². The van der Waals surface area contributed by atoms with Crippen LogP contribution in [0.25, 0.3) is 0 Å². The Labute approximate surface area is 124 Å². The number of para-hydroxylation sites is 1. The summed E-state index contributed by atoms with van der Waals surface area (Å²) in [7, 11) is 1.28. The van der Waals surface area contributed by atoms with Crippen LogP contribution in [0.1, 0.15) is 16.1 Å². The van der Waals surface area contributed by atoms with Gasteiger partial charge in [-0.25, -0.2) is 4.79 Å². The third-order valence-electron chi connectivity index (χ3n) is 2.63. The smallest absolute Gasteiger partial charge is 0.341 e. The van der Waals surface area contributed by atoms with Crippen molar-refractivity contribution in [2.24, 2.45) is 0 Å². The van der Waals surface area contributed by atoms with Gasteiger partial charge in [-0.1, -0.05) is 23.9 Å². The Kier molecular flexibility index (Phi) is 5.21. The van der Waals surface area contributed by atoms with Gasteiger partial charge < -0.3 is 14.5 Å². The van der Waals surface area contributed by atoms with E-state index < -0.39 is 11.7 Å². The molecular formula is C14H13F2NO3S. The van der Waals surface area contributed by atoms with Crippen LogP contribution in [0.3, 0.4) is 0 Å². The van der Waals surface area contributed by atoms with Crippen LogP contribution >= 0.6 is 11.8 Å². The minimum absolute atomic E-state index is 0.276. The van der Waals surface area contributed by atoms with Crippen LogP contribution in [0.4, 0.5) is 14.5 Å². The van der Waals surface area contributed by atoms with E-state index in [2.05, 4.69) is 10.1 Å². The molecular weight excluding hydrogens is 300 g/mol. The molecule has 0 aliphatic carbocycles. The zero-order valence-electron chi connectivity index (χ0n) is 11.1. The monoisotopic (exact) mass is 313 g/mol. The summed E-state index contributed by atoms with van der Waals surface area (Å²) < 4.78 is 34.7. The normalized spacial score (nSPS) is 10.7. The van der Waals surface area contributed by atoms with Gasteiger partial charge in [-0.05, 0) is 18.2 Å². The minimum atomic E-state index is -2.48. The van der Waals surface area contributed by atoms with Gasteiger partial charge in [-0.3, -0.25) is 0 Å². The second kappa shape index (κ2) is 7.12. The van der Waals surface area contributed by atoms with E-state index in [-0.39, 0.29) is 6.54 Å². The lowest BCUT2D eigenvalue weighted by molar-refractivity contribution is 0.0600. The number of alkyl halides is 2. The number of rotatable bonds is 6. The highest BCUT2D eigenvalue weighted by Gasteiger charge is 2.12. The lowest BCUT2D eigenvalue weighted by atomic mass is 10.3. The number of ether oxygens (including phenoxy) is 1. The van der Waals surface area contributed by atoms with Crippen molar-refractivity contribution in [2.75, 3.05) is 12.4 Å². The molecule has 0 fully saturated rings. The van der Waals surface area contributed by atoms with Crippen LogP contribution in [0.15, 0.2) is 45.9 Å². The Morgan fingerprint density at radius 3 is 2.90 bits per heavy atom. The molecule has 4 nitrogen and oxygen atoms in total. The molecule has 1 N–H and O–H groups in total. The maximum Gasteiger partial charge on any atom is 0.341 e. The van der Waals surface area contributed by atoms with E-state index in [0.29, 0.717) is 33.7 Å². The van der Waals surface area contributed by atoms with Gasteiger partial charge in [0.1, 0.15) is 12.0 Å². The zero-order chi connectivity index (χ0) is 15.2. The Morgan fingerprint density at radius 1 is 1.43 bits per heavy atom. The number of hydrogen-bond acceptors (Lipinski definition) is 5. The van der Waals surface area contributed by atoms with Crippen molar-refractivity contribution < 1.29 is 22.7 Å². The van der Waals surface area contributed by atoms with Crippen molar-refractivity contribution in [3.8, 4) is 0 Å². The van der Waals surface area contributed by atoms with Gasteiger partial charge >= 0.3 is 5.97 Å². The molecule has 0 saturated carbocycles. The fourth-order valence-electron chi connectivity index (χ4n) is 1.69. The third-order valence-corrected chi connectivity index (χ3v) is 3.42. The van der Waals surface area contributed by atoms with Gasteiger partial charge in [0.2, 0.25) is 0 Å². The largest absolute Gasteiger partial charge is 0.467 e. The summed E-state index contributed by atoms with van der Waals surface area (Å²) in [6, 6.07) is 8.30. The van der Waals surface area contributed by atoms with Crippen LogP contribution in [0, 0.1) is 0 Å². The minimum Gasteiger partial charge on any atom is -0.467 e. The van der Waals surface area contributed by atoms with E-state index in [1.165, 1.54) is 13.4 Å². The zero-order valence-corrected chi connectivity index (χ0v) is 12.0. The molecule has 21 heavy (non-hydrogen) atoms. The maximum absolute atomic E-state index is 12.5. The number of thioether (sulfide) groups is 1. The van der Waals surface area contributed by atoms with E-state index in [1.54, 1.807) is 30.3 Å². The standard InChI is InChI=1S/C14H13F2NO3S/c1-19-13(18)9-6-10(20-8-9)7-17-11-4-2-3-5-12(11)21-14(15)16/h2-6,8,14,17H,7H2,1H3. The van der Waals surface area contributed by atoms with E-state index in [9.17, 15) is 13.6 Å². The van der Waals surface area contributed by atoms with Crippen LogP contribution in [-0.2, 0) is 11.3 Å². The number of carbonyl (C=O) groups is 1. The fraction of sp³-hybridized carbons (Fsp3) is 0.214. The quantitative estimate of drug-likeness (QED) is 0.645. The number of anilines is 1. The number of carbonyl (C=O) groups excluding carboxylic acids is 1. The Hall–Kier alpha value is -2.02. The molecule has 0 unspecified atom stereocenters. The molecule has 1 aromatic carbocycles. The average molecular weight is 313 g/mol. The lowest BCUT2D eigenvalue weighted by Crippen LogP contribution is -2.01. The maximum atomic E-state index is 12.5. The fourth-order valence-corrected chi connectivity index (χ4v) is 2.31. The molecule has 112 valence electrons. The molecule has 0 aliphatic rings. The highest BCUT2D eigenvalue weighted by molar-refractivity contribution is 7.99. The molecule has 1 aromatic heterocycles. The van der Waals surface area contributed by atoms with Gasteiger partial charge in [0, 0.05) is 10.6 Å². The number of methoxy groups -OCH3 is 1. The molecule has 0 atom stereocenters. The summed E-state index contributed by atoms with van der Waals surface area (Å²) in [5, 5.41) is 3.01. The highest BCUT2D eigenvalue weighted by atomic mass is 32.2.